The molecule has 2 rings (SSSR count). The number of hydrogen-bond acceptors (Lipinski definition) is 1. The summed E-state index contributed by atoms with van der Waals surface area (Å²) in [5.41, 5.74) is 2.02. The average Bonchev–Trinajstić information content (AvgIpc) is 2.49. The van der Waals surface area contributed by atoms with Gasteiger partial charge in [-0.05, 0) is 11.1 Å². The van der Waals surface area contributed by atoms with Crippen molar-refractivity contribution >= 4 is 5.97 Å². The lowest BCUT2D eigenvalue weighted by Gasteiger charge is -2.01. The van der Waals surface area contributed by atoms with E-state index in [9.17, 15) is 4.79 Å². The van der Waals surface area contributed by atoms with Crippen LogP contribution in [0.5, 0.6) is 0 Å². The van der Waals surface area contributed by atoms with Gasteiger partial charge in [-0.3, -0.25) is 0 Å². The van der Waals surface area contributed by atoms with E-state index in [1.165, 1.54) is 6.20 Å². The van der Waals surface area contributed by atoms with Crippen LogP contribution < -0.4 is 0 Å². The monoisotopic (exact) mass is 161 g/mol. The van der Waals surface area contributed by atoms with E-state index in [2.05, 4.69) is 4.98 Å². The molecular weight excluding hydrogens is 154 g/mol. The lowest BCUT2D eigenvalue weighted by atomic mass is 10.1. The van der Waals surface area contributed by atoms with Gasteiger partial charge in [-0.25, -0.2) is 4.79 Å². The first-order valence-corrected chi connectivity index (χ1v) is 3.58. The van der Waals surface area contributed by atoms with Gasteiger partial charge in [-0.2, -0.15) is 0 Å². The Bertz CT molecular complexity index is 392. The quantitative estimate of drug-likeness (QED) is 0.670. The van der Waals surface area contributed by atoms with Crippen molar-refractivity contribution in [1.82, 2.24) is 4.98 Å². The Morgan fingerprint density at radius 2 is 2.17 bits per heavy atom. The molecule has 1 aliphatic heterocycles. The minimum atomic E-state index is -0.900. The lowest BCUT2D eigenvalue weighted by Crippen LogP contribution is -1.99. The average molecular weight is 161 g/mol. The molecule has 60 valence electrons. The normalized spacial score (nSPS) is 10.3. The zero-order valence-corrected chi connectivity index (χ0v) is 6.24. The van der Waals surface area contributed by atoms with Crippen molar-refractivity contribution in [2.75, 3.05) is 0 Å². The van der Waals surface area contributed by atoms with Crippen LogP contribution in [0.4, 0.5) is 0 Å². The molecule has 3 heteroatoms. The maximum Gasteiger partial charge on any atom is 0.337 e. The van der Waals surface area contributed by atoms with Crippen molar-refractivity contribution in [1.29, 1.82) is 0 Å². The minimum absolute atomic E-state index is 0.317. The van der Waals surface area contributed by atoms with Gasteiger partial charge in [0.2, 0.25) is 0 Å². The summed E-state index contributed by atoms with van der Waals surface area (Å²) >= 11 is 0. The molecule has 0 fully saturated rings. The summed E-state index contributed by atoms with van der Waals surface area (Å²) in [7, 11) is 0. The van der Waals surface area contributed by atoms with E-state index in [0.717, 1.165) is 11.1 Å². The van der Waals surface area contributed by atoms with Crippen LogP contribution in [0, 0.1) is 0 Å². The molecule has 1 heterocycles. The number of carboxylic acids is 1. The van der Waals surface area contributed by atoms with Crippen molar-refractivity contribution in [3.05, 3.63) is 36.2 Å². The van der Waals surface area contributed by atoms with Crippen LogP contribution in [0.3, 0.4) is 0 Å². The molecule has 0 atom stereocenters. The largest absolute Gasteiger partial charge is 0.478 e. The molecule has 2 N–H and O–H groups in total. The number of aromatic amines is 1. The Kier molecular flexibility index (Phi) is 1.37. The summed E-state index contributed by atoms with van der Waals surface area (Å²) in [6.07, 6.45) is 3.27. The fraction of sp³-hybridized carbons (Fsp3) is 0. The highest BCUT2D eigenvalue weighted by Crippen LogP contribution is 2.25. The number of pyridine rings is 1. The molecule has 0 unspecified atom stereocenters. The first-order chi connectivity index (χ1) is 5.79. The first kappa shape index (κ1) is 6.91. The van der Waals surface area contributed by atoms with Gasteiger partial charge in [-0.1, -0.05) is 18.2 Å². The number of hydrogen-bond donors (Lipinski definition) is 2. The number of aromatic nitrogens is 1. The Morgan fingerprint density at radius 3 is 2.92 bits per heavy atom. The van der Waals surface area contributed by atoms with Gasteiger partial charge in [0.25, 0.3) is 0 Å². The van der Waals surface area contributed by atoms with Gasteiger partial charge < -0.3 is 10.1 Å². The standard InChI is InChI=1S/C9H7NO2/c11-9(12)8-5-10-4-6-2-1-3-7(6)8/h1-5,10H,(H,11,12). The highest BCUT2D eigenvalue weighted by atomic mass is 16.4. The summed E-state index contributed by atoms with van der Waals surface area (Å²) in [5.74, 6) is -0.900. The van der Waals surface area contributed by atoms with Gasteiger partial charge >= 0.3 is 5.97 Å². The van der Waals surface area contributed by atoms with Crippen LogP contribution in [0.1, 0.15) is 10.4 Å². The Labute approximate surface area is 69.0 Å². The summed E-state index contributed by atoms with van der Waals surface area (Å²) in [5, 5.41) is 8.78. The van der Waals surface area contributed by atoms with E-state index in [1.807, 2.05) is 12.1 Å². The number of nitrogens with one attached hydrogen (secondary N) is 1. The topological polar surface area (TPSA) is 53.1 Å². The summed E-state index contributed by atoms with van der Waals surface area (Å²) in [6, 6.07) is 5.51. The molecule has 2 aliphatic rings. The minimum Gasteiger partial charge on any atom is -0.478 e. The summed E-state index contributed by atoms with van der Waals surface area (Å²) < 4.78 is 0. The molecular formula is C9H7NO2. The Hall–Kier alpha value is -1.77. The molecule has 0 aromatic heterocycles. The maximum atomic E-state index is 10.7. The van der Waals surface area contributed by atoms with Gasteiger partial charge in [0.1, 0.15) is 0 Å². The maximum absolute atomic E-state index is 10.7. The lowest BCUT2D eigenvalue weighted by molar-refractivity contribution is 0.0697. The summed E-state index contributed by atoms with van der Waals surface area (Å²) in [4.78, 5) is 13.5. The fourth-order valence-electron chi connectivity index (χ4n) is 1.27. The number of H-pyrrole nitrogens is 1. The molecule has 0 bridgehead atoms. The van der Waals surface area contributed by atoms with Gasteiger partial charge in [0.05, 0.1) is 5.56 Å². The SMILES string of the molecule is O=C(O)c1c[nH]cc2cccc1-2. The molecule has 1 aliphatic carbocycles. The van der Waals surface area contributed by atoms with Gasteiger partial charge in [0, 0.05) is 12.4 Å². The zero-order valence-electron chi connectivity index (χ0n) is 6.24. The molecule has 3 nitrogen and oxygen atoms in total. The van der Waals surface area contributed by atoms with Crippen LogP contribution in [-0.4, -0.2) is 16.1 Å². The van der Waals surface area contributed by atoms with Crippen molar-refractivity contribution in [2.24, 2.45) is 0 Å². The predicted molar refractivity (Wildman–Crippen MR) is 44.4 cm³/mol. The third-order valence-electron chi connectivity index (χ3n) is 1.84. The van der Waals surface area contributed by atoms with Crippen molar-refractivity contribution in [3.63, 3.8) is 0 Å². The first-order valence-electron chi connectivity index (χ1n) is 3.58. The van der Waals surface area contributed by atoms with Crippen LogP contribution in [0.2, 0.25) is 0 Å². The van der Waals surface area contributed by atoms with E-state index in [4.69, 9.17) is 5.11 Å². The molecule has 0 spiro atoms. The number of aromatic carboxylic acids is 1. The van der Waals surface area contributed by atoms with Gasteiger partial charge in [0.15, 0.2) is 0 Å². The third kappa shape index (κ3) is 0.871. The van der Waals surface area contributed by atoms with Crippen molar-refractivity contribution in [2.45, 2.75) is 0 Å². The highest BCUT2D eigenvalue weighted by Gasteiger charge is 2.12. The fourth-order valence-corrected chi connectivity index (χ4v) is 1.27. The molecule has 0 amide bonds. The molecule has 0 saturated carbocycles. The molecule has 0 aromatic carbocycles. The highest BCUT2D eigenvalue weighted by molar-refractivity contribution is 5.96. The van der Waals surface area contributed by atoms with Crippen molar-refractivity contribution < 1.29 is 9.90 Å². The second-order valence-corrected chi connectivity index (χ2v) is 2.57. The van der Waals surface area contributed by atoms with Crippen LogP contribution >= 0.6 is 0 Å². The second kappa shape index (κ2) is 2.37. The number of carboxylic acid groups (broad SMARTS) is 1. The predicted octanol–water partition coefficient (Wildman–Crippen LogP) is 1.82. The number of carbonyl (C=O) groups is 1. The van der Waals surface area contributed by atoms with Crippen LogP contribution in [0.15, 0.2) is 30.6 Å². The molecule has 0 saturated heterocycles. The molecule has 0 radical (unpaired) electrons. The van der Waals surface area contributed by atoms with Crippen LogP contribution in [-0.2, 0) is 0 Å². The summed E-state index contributed by atoms with van der Waals surface area (Å²) in [6.45, 7) is 0. The van der Waals surface area contributed by atoms with E-state index in [1.54, 1.807) is 12.3 Å². The molecule has 12 heavy (non-hydrogen) atoms. The molecule has 0 aromatic rings. The Morgan fingerprint density at radius 1 is 1.33 bits per heavy atom. The Balaban J connectivity index is 2.71. The van der Waals surface area contributed by atoms with E-state index >= 15 is 0 Å². The van der Waals surface area contributed by atoms with Crippen molar-refractivity contribution in [3.8, 4) is 11.1 Å². The van der Waals surface area contributed by atoms with E-state index in [-0.39, 0.29) is 0 Å². The number of rotatable bonds is 1. The van der Waals surface area contributed by atoms with Gasteiger partial charge in [-0.15, -0.1) is 0 Å². The van der Waals surface area contributed by atoms with Crippen LogP contribution in [0.25, 0.3) is 11.1 Å². The second-order valence-electron chi connectivity index (χ2n) is 2.57. The third-order valence-corrected chi connectivity index (χ3v) is 1.84. The smallest absolute Gasteiger partial charge is 0.337 e. The van der Waals surface area contributed by atoms with E-state index < -0.39 is 5.97 Å². The van der Waals surface area contributed by atoms with E-state index in [0.29, 0.717) is 5.56 Å². The number of fused-ring (bicyclic) bond motifs is 1. The zero-order chi connectivity index (χ0) is 8.55.